The number of halogens is 1. The van der Waals surface area contributed by atoms with Gasteiger partial charge in [0.25, 0.3) is 5.56 Å². The van der Waals surface area contributed by atoms with Crippen LogP contribution in [0.3, 0.4) is 0 Å². The van der Waals surface area contributed by atoms with Crippen LogP contribution < -0.4 is 17.0 Å². The molecule has 0 saturated heterocycles. The van der Waals surface area contributed by atoms with Gasteiger partial charge in [0.05, 0.1) is 6.54 Å². The topological polar surface area (TPSA) is 109 Å². The SMILES string of the molecule is Cl.NCC(=O)c1c[nH]c(=O)[nH]c1=O. The summed E-state index contributed by atoms with van der Waals surface area (Å²) in [5.41, 5.74) is 3.53. The highest BCUT2D eigenvalue weighted by molar-refractivity contribution is 5.96. The number of aromatic amines is 2. The first kappa shape index (κ1) is 11.6. The smallest absolute Gasteiger partial charge is 0.324 e. The number of carbonyl (C=O) groups excluding carboxylic acids is 1. The van der Waals surface area contributed by atoms with Crippen LogP contribution in [-0.2, 0) is 0 Å². The number of aromatic nitrogens is 2. The molecule has 0 bridgehead atoms. The van der Waals surface area contributed by atoms with Gasteiger partial charge in [-0.25, -0.2) is 4.79 Å². The number of H-pyrrole nitrogens is 2. The summed E-state index contributed by atoms with van der Waals surface area (Å²) < 4.78 is 0. The van der Waals surface area contributed by atoms with Crippen LogP contribution in [0.15, 0.2) is 15.8 Å². The molecule has 1 heterocycles. The highest BCUT2D eigenvalue weighted by atomic mass is 35.5. The van der Waals surface area contributed by atoms with E-state index in [1.165, 1.54) is 0 Å². The molecule has 6 nitrogen and oxygen atoms in total. The summed E-state index contributed by atoms with van der Waals surface area (Å²) in [5, 5.41) is 0. The molecule has 0 aliphatic carbocycles. The van der Waals surface area contributed by atoms with Gasteiger partial charge >= 0.3 is 5.69 Å². The maximum absolute atomic E-state index is 10.9. The predicted molar refractivity (Wildman–Crippen MR) is 48.3 cm³/mol. The lowest BCUT2D eigenvalue weighted by atomic mass is 10.2. The molecular formula is C6H8ClN3O3. The van der Waals surface area contributed by atoms with Crippen molar-refractivity contribution in [2.24, 2.45) is 5.73 Å². The van der Waals surface area contributed by atoms with E-state index in [1.54, 1.807) is 0 Å². The summed E-state index contributed by atoms with van der Waals surface area (Å²) >= 11 is 0. The maximum atomic E-state index is 10.9. The van der Waals surface area contributed by atoms with Crippen molar-refractivity contribution in [3.8, 4) is 0 Å². The highest BCUT2D eigenvalue weighted by Gasteiger charge is 2.07. The average Bonchev–Trinajstić information content (AvgIpc) is 2.03. The van der Waals surface area contributed by atoms with Crippen LogP contribution in [0.5, 0.6) is 0 Å². The molecule has 0 aliphatic rings. The Balaban J connectivity index is 0.00000144. The van der Waals surface area contributed by atoms with E-state index in [1.807, 2.05) is 4.98 Å². The lowest BCUT2D eigenvalue weighted by molar-refractivity contribution is 0.0999. The minimum atomic E-state index is -0.714. The molecule has 0 radical (unpaired) electrons. The van der Waals surface area contributed by atoms with Gasteiger partial charge in [0.15, 0.2) is 5.78 Å². The Bertz CT molecular complexity index is 408. The van der Waals surface area contributed by atoms with Gasteiger partial charge < -0.3 is 10.7 Å². The first-order valence-corrected chi connectivity index (χ1v) is 3.20. The molecule has 0 aliphatic heterocycles. The molecule has 0 amide bonds. The van der Waals surface area contributed by atoms with Crippen LogP contribution in [0.1, 0.15) is 10.4 Å². The quantitative estimate of drug-likeness (QED) is 0.518. The molecule has 72 valence electrons. The molecule has 0 fully saturated rings. The molecule has 7 heteroatoms. The van der Waals surface area contributed by atoms with E-state index < -0.39 is 17.0 Å². The molecule has 0 unspecified atom stereocenters. The molecule has 1 rings (SSSR count). The van der Waals surface area contributed by atoms with Crippen molar-refractivity contribution >= 4 is 18.2 Å². The summed E-state index contributed by atoms with van der Waals surface area (Å²) in [6, 6.07) is 0. The van der Waals surface area contributed by atoms with Crippen molar-refractivity contribution in [1.82, 2.24) is 9.97 Å². The predicted octanol–water partition coefficient (Wildman–Crippen LogP) is -1.37. The van der Waals surface area contributed by atoms with Crippen LogP contribution >= 0.6 is 12.4 Å². The molecule has 0 saturated carbocycles. The van der Waals surface area contributed by atoms with Crippen molar-refractivity contribution in [1.29, 1.82) is 0 Å². The molecule has 0 spiro atoms. The van der Waals surface area contributed by atoms with E-state index in [0.29, 0.717) is 0 Å². The van der Waals surface area contributed by atoms with Gasteiger partial charge in [0.1, 0.15) is 5.56 Å². The number of nitrogens with one attached hydrogen (secondary N) is 2. The number of hydrogen-bond donors (Lipinski definition) is 3. The summed E-state index contributed by atoms with van der Waals surface area (Å²) in [4.78, 5) is 36.3. The van der Waals surface area contributed by atoms with E-state index in [-0.39, 0.29) is 24.5 Å². The Labute approximate surface area is 78.6 Å². The first-order chi connectivity index (χ1) is 5.65. The lowest BCUT2D eigenvalue weighted by Crippen LogP contribution is -2.29. The van der Waals surface area contributed by atoms with E-state index in [9.17, 15) is 14.4 Å². The van der Waals surface area contributed by atoms with Crippen molar-refractivity contribution in [2.45, 2.75) is 0 Å². The number of carbonyl (C=O) groups is 1. The van der Waals surface area contributed by atoms with Crippen LogP contribution in [0.2, 0.25) is 0 Å². The molecule has 0 aromatic carbocycles. The van der Waals surface area contributed by atoms with Gasteiger partial charge in [-0.15, -0.1) is 12.4 Å². The standard InChI is InChI=1S/C6H7N3O3.ClH/c7-1-4(10)3-2-8-6(12)9-5(3)11;/h2H,1,7H2,(H2,8,9,11,12);1H. The van der Waals surface area contributed by atoms with Gasteiger partial charge in [0, 0.05) is 6.20 Å². The minimum absolute atomic E-state index is 0. The van der Waals surface area contributed by atoms with E-state index in [0.717, 1.165) is 6.20 Å². The Morgan fingerprint density at radius 1 is 1.46 bits per heavy atom. The second-order valence-corrected chi connectivity index (χ2v) is 2.11. The van der Waals surface area contributed by atoms with Crippen molar-refractivity contribution in [3.63, 3.8) is 0 Å². The number of nitrogens with two attached hydrogens (primary N) is 1. The third-order valence-corrected chi connectivity index (χ3v) is 1.31. The molecular weight excluding hydrogens is 198 g/mol. The largest absolute Gasteiger partial charge is 0.325 e. The van der Waals surface area contributed by atoms with Gasteiger partial charge in [0.2, 0.25) is 0 Å². The number of ketones is 1. The second kappa shape index (κ2) is 4.58. The number of hydrogen-bond acceptors (Lipinski definition) is 4. The third kappa shape index (κ3) is 2.53. The molecule has 1 aromatic heterocycles. The minimum Gasteiger partial charge on any atom is -0.324 e. The molecule has 4 N–H and O–H groups in total. The maximum Gasteiger partial charge on any atom is 0.325 e. The number of Topliss-reactive ketones (excluding diaryl/α,β-unsaturated/α-hetero) is 1. The Morgan fingerprint density at radius 3 is 2.54 bits per heavy atom. The molecule has 13 heavy (non-hydrogen) atoms. The second-order valence-electron chi connectivity index (χ2n) is 2.11. The fourth-order valence-electron chi connectivity index (χ4n) is 0.727. The van der Waals surface area contributed by atoms with Gasteiger partial charge in [-0.2, -0.15) is 0 Å². The summed E-state index contributed by atoms with van der Waals surface area (Å²) in [7, 11) is 0. The summed E-state index contributed by atoms with van der Waals surface area (Å²) in [6.45, 7) is -0.255. The van der Waals surface area contributed by atoms with E-state index >= 15 is 0 Å². The Morgan fingerprint density at radius 2 is 2.08 bits per heavy atom. The van der Waals surface area contributed by atoms with Crippen molar-refractivity contribution < 1.29 is 4.79 Å². The Kier molecular flexibility index (Phi) is 4.09. The number of rotatable bonds is 2. The molecule has 0 atom stereocenters. The van der Waals surface area contributed by atoms with Gasteiger partial charge in [-0.05, 0) is 0 Å². The lowest BCUT2D eigenvalue weighted by Gasteiger charge is -1.93. The highest BCUT2D eigenvalue weighted by Crippen LogP contribution is 1.84. The fourth-order valence-corrected chi connectivity index (χ4v) is 0.727. The van der Waals surface area contributed by atoms with Crippen LogP contribution in [0, 0.1) is 0 Å². The van der Waals surface area contributed by atoms with Crippen molar-refractivity contribution in [2.75, 3.05) is 6.54 Å². The summed E-state index contributed by atoms with van der Waals surface area (Å²) in [5.74, 6) is -0.507. The average molecular weight is 206 g/mol. The normalized spacial score (nSPS) is 9.00. The molecule has 1 aromatic rings. The zero-order chi connectivity index (χ0) is 9.14. The Hall–Kier alpha value is -1.40. The first-order valence-electron chi connectivity index (χ1n) is 3.20. The van der Waals surface area contributed by atoms with Crippen LogP contribution in [0.4, 0.5) is 0 Å². The zero-order valence-corrected chi connectivity index (χ0v) is 7.31. The summed E-state index contributed by atoms with van der Waals surface area (Å²) in [6.07, 6.45) is 1.05. The van der Waals surface area contributed by atoms with E-state index in [4.69, 9.17) is 5.73 Å². The van der Waals surface area contributed by atoms with Crippen LogP contribution in [-0.4, -0.2) is 22.3 Å². The van der Waals surface area contributed by atoms with Gasteiger partial charge in [-0.1, -0.05) is 0 Å². The fraction of sp³-hybridized carbons (Fsp3) is 0.167. The van der Waals surface area contributed by atoms with Crippen LogP contribution in [0.25, 0.3) is 0 Å². The monoisotopic (exact) mass is 205 g/mol. The van der Waals surface area contributed by atoms with Gasteiger partial charge in [-0.3, -0.25) is 14.6 Å². The third-order valence-electron chi connectivity index (χ3n) is 1.31. The zero-order valence-electron chi connectivity index (χ0n) is 6.49. The van der Waals surface area contributed by atoms with Crippen molar-refractivity contribution in [3.05, 3.63) is 32.6 Å². The van der Waals surface area contributed by atoms with E-state index in [2.05, 4.69) is 4.98 Å².